The van der Waals surface area contributed by atoms with Gasteiger partial charge in [0.05, 0.1) is 5.02 Å². The van der Waals surface area contributed by atoms with Crippen molar-refractivity contribution in [2.75, 3.05) is 5.32 Å². The Morgan fingerprint density at radius 3 is 2.84 bits per heavy atom. The number of aromatic nitrogens is 2. The first kappa shape index (κ1) is 17.5. The summed E-state index contributed by atoms with van der Waals surface area (Å²) in [5, 5.41) is 5.11. The predicted octanol–water partition coefficient (Wildman–Crippen LogP) is 5.77. The van der Waals surface area contributed by atoms with Gasteiger partial charge in [-0.25, -0.2) is 9.97 Å². The van der Waals surface area contributed by atoms with E-state index in [0.717, 1.165) is 22.3 Å². The molecule has 3 rings (SSSR count). The van der Waals surface area contributed by atoms with Crippen LogP contribution < -0.4 is 10.1 Å². The molecule has 2 aromatic heterocycles. The lowest BCUT2D eigenvalue weighted by atomic mass is 10.1. The van der Waals surface area contributed by atoms with E-state index in [2.05, 4.69) is 15.3 Å². The average Bonchev–Trinajstić information content (AvgIpc) is 2.59. The molecule has 128 valence electrons. The third-order valence-corrected chi connectivity index (χ3v) is 4.33. The van der Waals surface area contributed by atoms with Crippen LogP contribution in [0.2, 0.25) is 10.2 Å². The number of halogens is 2. The van der Waals surface area contributed by atoms with Gasteiger partial charge in [0.25, 0.3) is 0 Å². The molecule has 4 nitrogen and oxygen atoms in total. The second-order valence-corrected chi connectivity index (χ2v) is 6.22. The highest BCUT2D eigenvalue weighted by Crippen LogP contribution is 2.31. The summed E-state index contributed by atoms with van der Waals surface area (Å²) in [6.45, 7) is 4.13. The van der Waals surface area contributed by atoms with Crippen molar-refractivity contribution in [3.05, 3.63) is 70.2 Å². The van der Waals surface area contributed by atoms with E-state index in [-0.39, 0.29) is 6.61 Å². The number of hydrogen-bond acceptors (Lipinski definition) is 4. The zero-order valence-electron chi connectivity index (χ0n) is 13.9. The van der Waals surface area contributed by atoms with Crippen molar-refractivity contribution >= 4 is 39.8 Å². The van der Waals surface area contributed by atoms with Crippen LogP contribution in [0, 0.1) is 6.92 Å². The number of anilines is 1. The van der Waals surface area contributed by atoms with Crippen LogP contribution in [0.1, 0.15) is 18.2 Å². The van der Waals surface area contributed by atoms with Crippen molar-refractivity contribution in [1.82, 2.24) is 9.97 Å². The summed E-state index contributed by atoms with van der Waals surface area (Å²) < 4.78 is 5.96. The molecule has 0 radical (unpaired) electrons. The van der Waals surface area contributed by atoms with Gasteiger partial charge in [0, 0.05) is 28.5 Å². The summed E-state index contributed by atoms with van der Waals surface area (Å²) in [5.41, 5.74) is 3.31. The maximum absolute atomic E-state index is 6.18. The van der Waals surface area contributed by atoms with Crippen LogP contribution >= 0.6 is 23.2 Å². The summed E-state index contributed by atoms with van der Waals surface area (Å²) >= 11 is 12.3. The van der Waals surface area contributed by atoms with Gasteiger partial charge in [0.15, 0.2) is 0 Å². The summed E-state index contributed by atoms with van der Waals surface area (Å²) in [7, 11) is 0. The molecule has 0 aliphatic rings. The van der Waals surface area contributed by atoms with E-state index in [1.165, 1.54) is 0 Å². The summed E-state index contributed by atoms with van der Waals surface area (Å²) in [6, 6.07) is 9.51. The first-order chi connectivity index (χ1) is 12.1. The first-order valence-corrected chi connectivity index (χ1v) is 8.55. The molecule has 0 amide bonds. The zero-order chi connectivity index (χ0) is 17.8. The molecule has 6 heteroatoms. The van der Waals surface area contributed by atoms with Gasteiger partial charge in [-0.2, -0.15) is 0 Å². The monoisotopic (exact) mass is 373 g/mol. The van der Waals surface area contributed by atoms with Crippen LogP contribution in [-0.2, 0) is 6.61 Å². The van der Waals surface area contributed by atoms with E-state index in [0.29, 0.717) is 21.5 Å². The largest absolute Gasteiger partial charge is 0.486 e. The summed E-state index contributed by atoms with van der Waals surface area (Å²) in [5.74, 6) is 0.667. The lowest BCUT2D eigenvalue weighted by Crippen LogP contribution is -2.01. The van der Waals surface area contributed by atoms with E-state index >= 15 is 0 Å². The Balaban J connectivity index is 1.98. The van der Waals surface area contributed by atoms with Crippen molar-refractivity contribution in [1.29, 1.82) is 0 Å². The highest BCUT2D eigenvalue weighted by Gasteiger charge is 2.11. The van der Waals surface area contributed by atoms with Gasteiger partial charge in [-0.05, 0) is 38.2 Å². The highest BCUT2D eigenvalue weighted by atomic mass is 35.5. The molecule has 0 atom stereocenters. The fourth-order valence-electron chi connectivity index (χ4n) is 2.48. The Labute approximate surface area is 156 Å². The molecule has 0 aliphatic heterocycles. The Morgan fingerprint density at radius 2 is 2.08 bits per heavy atom. The summed E-state index contributed by atoms with van der Waals surface area (Å²) in [4.78, 5) is 8.68. The van der Waals surface area contributed by atoms with Gasteiger partial charge in [0.1, 0.15) is 23.0 Å². The van der Waals surface area contributed by atoms with Crippen molar-refractivity contribution in [2.45, 2.75) is 20.5 Å². The van der Waals surface area contributed by atoms with Crippen molar-refractivity contribution in [3.8, 4) is 5.75 Å². The predicted molar refractivity (Wildman–Crippen MR) is 104 cm³/mol. The van der Waals surface area contributed by atoms with Crippen LogP contribution in [0.15, 0.2) is 48.8 Å². The van der Waals surface area contributed by atoms with E-state index in [9.17, 15) is 0 Å². The van der Waals surface area contributed by atoms with Crippen molar-refractivity contribution < 1.29 is 4.74 Å². The molecule has 1 aromatic carbocycles. The summed E-state index contributed by atoms with van der Waals surface area (Å²) in [6.07, 6.45) is 5.39. The molecule has 2 heterocycles. The number of pyridine rings is 2. The number of fused-ring (bicyclic) bond motifs is 1. The Morgan fingerprint density at radius 1 is 1.24 bits per heavy atom. The van der Waals surface area contributed by atoms with Gasteiger partial charge < -0.3 is 10.1 Å². The molecule has 0 aliphatic carbocycles. The fourth-order valence-corrected chi connectivity index (χ4v) is 2.94. The quantitative estimate of drug-likeness (QED) is 0.576. The van der Waals surface area contributed by atoms with Gasteiger partial charge in [-0.3, -0.25) is 0 Å². The minimum atomic E-state index is 0.220. The second kappa shape index (κ2) is 7.72. The van der Waals surface area contributed by atoms with E-state index in [4.69, 9.17) is 27.9 Å². The van der Waals surface area contributed by atoms with Crippen molar-refractivity contribution in [3.63, 3.8) is 0 Å². The molecule has 0 bridgehead atoms. The molecule has 3 aromatic rings. The minimum absolute atomic E-state index is 0.220. The number of allylic oxidation sites excluding steroid dienone is 1. The van der Waals surface area contributed by atoms with Crippen LogP contribution in [0.5, 0.6) is 5.75 Å². The third kappa shape index (κ3) is 3.86. The molecule has 0 unspecified atom stereocenters. The van der Waals surface area contributed by atoms with E-state index in [1.54, 1.807) is 12.3 Å². The van der Waals surface area contributed by atoms with Gasteiger partial charge in [0.2, 0.25) is 0 Å². The number of nitrogens with zero attached hydrogens (tertiary/aromatic N) is 2. The zero-order valence-corrected chi connectivity index (χ0v) is 15.4. The Hall–Kier alpha value is -2.30. The normalized spacial score (nSPS) is 11.2. The standard InChI is InChI=1S/C19H17Cl2N3O/c1-3-8-22-16-10-12(2)24-18-13(16)5-4-6-17(18)25-11-14-15(20)7-9-23-19(14)21/h3-10H,11H2,1-2H3,(H,22,24)/b8-3-. The van der Waals surface area contributed by atoms with E-state index in [1.807, 2.05) is 50.4 Å². The molecular formula is C19H17Cl2N3O. The lowest BCUT2D eigenvalue weighted by molar-refractivity contribution is 0.309. The molecule has 0 fully saturated rings. The molecule has 0 saturated carbocycles. The molecule has 0 spiro atoms. The van der Waals surface area contributed by atoms with Crippen LogP contribution in [0.3, 0.4) is 0 Å². The number of para-hydroxylation sites is 1. The third-order valence-electron chi connectivity index (χ3n) is 3.65. The van der Waals surface area contributed by atoms with Crippen molar-refractivity contribution in [2.24, 2.45) is 0 Å². The number of hydrogen-bond donors (Lipinski definition) is 1. The van der Waals surface area contributed by atoms with Crippen LogP contribution in [0.4, 0.5) is 5.69 Å². The van der Waals surface area contributed by atoms with Gasteiger partial charge in [-0.1, -0.05) is 41.4 Å². The SMILES string of the molecule is C/C=C\Nc1cc(C)nc2c(OCc3c(Cl)ccnc3Cl)cccc12. The van der Waals surface area contributed by atoms with Gasteiger partial charge >= 0.3 is 0 Å². The number of nitrogens with one attached hydrogen (secondary N) is 1. The maximum atomic E-state index is 6.18. The molecular weight excluding hydrogens is 357 g/mol. The average molecular weight is 374 g/mol. The van der Waals surface area contributed by atoms with E-state index < -0.39 is 0 Å². The Bertz CT molecular complexity index is 921. The molecule has 0 saturated heterocycles. The maximum Gasteiger partial charge on any atom is 0.146 e. The number of aryl methyl sites for hydroxylation is 1. The highest BCUT2D eigenvalue weighted by molar-refractivity contribution is 6.35. The lowest BCUT2D eigenvalue weighted by Gasteiger charge is -2.13. The van der Waals surface area contributed by atoms with Crippen LogP contribution in [0.25, 0.3) is 10.9 Å². The number of rotatable bonds is 5. The fraction of sp³-hybridized carbons (Fsp3) is 0.158. The second-order valence-electron chi connectivity index (χ2n) is 5.46. The number of ether oxygens (including phenoxy) is 1. The smallest absolute Gasteiger partial charge is 0.146 e. The van der Waals surface area contributed by atoms with Crippen LogP contribution in [-0.4, -0.2) is 9.97 Å². The topological polar surface area (TPSA) is 47.0 Å². The minimum Gasteiger partial charge on any atom is -0.486 e. The Kier molecular flexibility index (Phi) is 5.41. The van der Waals surface area contributed by atoms with Gasteiger partial charge in [-0.15, -0.1) is 0 Å². The molecule has 25 heavy (non-hydrogen) atoms. The first-order valence-electron chi connectivity index (χ1n) is 7.80. The number of benzene rings is 1. The molecule has 1 N–H and O–H groups in total.